The van der Waals surface area contributed by atoms with Crippen molar-refractivity contribution in [1.82, 2.24) is 15.1 Å². The highest BCUT2D eigenvalue weighted by Crippen LogP contribution is 2.31. The van der Waals surface area contributed by atoms with Gasteiger partial charge in [-0.05, 0) is 50.1 Å². The van der Waals surface area contributed by atoms with Gasteiger partial charge >= 0.3 is 0 Å². The topological polar surface area (TPSA) is 72.9 Å². The molecule has 0 aliphatic heterocycles. The molecule has 1 amide bonds. The van der Waals surface area contributed by atoms with Crippen molar-refractivity contribution in [3.8, 4) is 5.69 Å². The molecule has 3 rings (SSSR count). The Labute approximate surface area is 147 Å². The Balaban J connectivity index is 1.52. The van der Waals surface area contributed by atoms with Gasteiger partial charge in [-0.15, -0.1) is 0 Å². The third kappa shape index (κ3) is 4.25. The summed E-state index contributed by atoms with van der Waals surface area (Å²) in [4.78, 5) is 12.4. The Kier molecular flexibility index (Phi) is 5.18. The molecule has 1 aromatic carbocycles. The van der Waals surface area contributed by atoms with Gasteiger partial charge in [-0.3, -0.25) is 4.79 Å². The van der Waals surface area contributed by atoms with E-state index in [1.165, 1.54) is 12.1 Å². The van der Waals surface area contributed by atoms with E-state index in [4.69, 9.17) is 5.73 Å². The van der Waals surface area contributed by atoms with Crippen molar-refractivity contribution in [3.05, 3.63) is 48.0 Å². The average Bonchev–Trinajstić information content (AvgIpc) is 3.04. The van der Waals surface area contributed by atoms with Crippen LogP contribution in [0.4, 0.5) is 4.39 Å². The van der Waals surface area contributed by atoms with E-state index in [0.717, 1.165) is 37.1 Å². The maximum atomic E-state index is 13.0. The standard InChI is InChI=1S/C19H25FN4O/c1-19(21)11-3-2-4-17(19)18(25)22-12-9-15-10-13-24(23-15)16-7-5-14(20)6-8-16/h5-8,10,13,17H,2-4,9,11-12,21H2,1H3,(H,22,25). The number of benzene rings is 1. The monoisotopic (exact) mass is 344 g/mol. The molecule has 1 fully saturated rings. The number of halogens is 1. The normalized spacial score (nSPS) is 23.4. The molecule has 3 N–H and O–H groups in total. The van der Waals surface area contributed by atoms with Crippen molar-refractivity contribution >= 4 is 5.91 Å². The minimum absolute atomic E-state index is 0.0441. The molecule has 6 heteroatoms. The number of hydrogen-bond acceptors (Lipinski definition) is 3. The van der Waals surface area contributed by atoms with E-state index in [9.17, 15) is 9.18 Å². The first-order valence-corrected chi connectivity index (χ1v) is 8.83. The summed E-state index contributed by atoms with van der Waals surface area (Å²) in [5.74, 6) is -0.339. The van der Waals surface area contributed by atoms with Crippen molar-refractivity contribution in [2.24, 2.45) is 11.7 Å². The van der Waals surface area contributed by atoms with E-state index < -0.39 is 5.54 Å². The molecular formula is C19H25FN4O. The second kappa shape index (κ2) is 7.35. The number of hydrogen-bond donors (Lipinski definition) is 2. The number of aromatic nitrogens is 2. The molecule has 0 saturated heterocycles. The summed E-state index contributed by atoms with van der Waals surface area (Å²) in [5, 5.41) is 7.46. The van der Waals surface area contributed by atoms with Crippen LogP contribution in [0, 0.1) is 11.7 Å². The van der Waals surface area contributed by atoms with Crippen molar-refractivity contribution in [1.29, 1.82) is 0 Å². The van der Waals surface area contributed by atoms with Gasteiger partial charge in [0.05, 0.1) is 17.3 Å². The molecular weight excluding hydrogens is 319 g/mol. The quantitative estimate of drug-likeness (QED) is 0.875. The largest absolute Gasteiger partial charge is 0.355 e. The molecule has 25 heavy (non-hydrogen) atoms. The van der Waals surface area contributed by atoms with Gasteiger partial charge in [0.1, 0.15) is 5.82 Å². The molecule has 2 atom stereocenters. The second-order valence-corrected chi connectivity index (χ2v) is 7.07. The summed E-state index contributed by atoms with van der Waals surface area (Å²) in [5.41, 5.74) is 7.55. The molecule has 134 valence electrons. The maximum Gasteiger partial charge on any atom is 0.224 e. The molecule has 2 aromatic rings. The van der Waals surface area contributed by atoms with Gasteiger partial charge in [0.2, 0.25) is 5.91 Å². The van der Waals surface area contributed by atoms with E-state index in [0.29, 0.717) is 13.0 Å². The SMILES string of the molecule is CC1(N)CCCCC1C(=O)NCCc1ccn(-c2ccc(F)cc2)n1. The van der Waals surface area contributed by atoms with Gasteiger partial charge in [0.15, 0.2) is 0 Å². The lowest BCUT2D eigenvalue weighted by atomic mass is 9.74. The van der Waals surface area contributed by atoms with Gasteiger partial charge in [-0.1, -0.05) is 12.8 Å². The van der Waals surface area contributed by atoms with Crippen LogP contribution in [0.5, 0.6) is 0 Å². The first kappa shape index (κ1) is 17.6. The summed E-state index contributed by atoms with van der Waals surface area (Å²) in [6.07, 6.45) is 6.40. The highest BCUT2D eigenvalue weighted by atomic mass is 19.1. The van der Waals surface area contributed by atoms with Crippen molar-refractivity contribution in [3.63, 3.8) is 0 Å². The zero-order valence-corrected chi connectivity index (χ0v) is 14.5. The fourth-order valence-electron chi connectivity index (χ4n) is 3.46. The Hall–Kier alpha value is -2.21. The minimum Gasteiger partial charge on any atom is -0.355 e. The number of nitrogens with zero attached hydrogens (tertiary/aromatic N) is 2. The lowest BCUT2D eigenvalue weighted by molar-refractivity contribution is -0.128. The molecule has 1 heterocycles. The molecule has 5 nitrogen and oxygen atoms in total. The Morgan fingerprint density at radius 3 is 2.84 bits per heavy atom. The Bertz CT molecular complexity index is 723. The van der Waals surface area contributed by atoms with Crippen LogP contribution in [0.2, 0.25) is 0 Å². The van der Waals surface area contributed by atoms with Crippen LogP contribution in [0.25, 0.3) is 5.69 Å². The fourth-order valence-corrected chi connectivity index (χ4v) is 3.46. The van der Waals surface area contributed by atoms with E-state index in [1.807, 2.05) is 19.2 Å². The molecule has 0 radical (unpaired) electrons. The number of nitrogens with two attached hydrogens (primary N) is 1. The van der Waals surface area contributed by atoms with Crippen molar-refractivity contribution < 1.29 is 9.18 Å². The summed E-state index contributed by atoms with van der Waals surface area (Å²) in [6, 6.07) is 8.08. The molecule has 1 aliphatic carbocycles. The van der Waals surface area contributed by atoms with E-state index in [-0.39, 0.29) is 17.6 Å². The lowest BCUT2D eigenvalue weighted by Gasteiger charge is -2.37. The average molecular weight is 344 g/mol. The van der Waals surface area contributed by atoms with E-state index >= 15 is 0 Å². The molecule has 2 unspecified atom stereocenters. The fraction of sp³-hybridized carbons (Fsp3) is 0.474. The minimum atomic E-state index is -0.410. The first-order valence-electron chi connectivity index (χ1n) is 8.83. The van der Waals surface area contributed by atoms with Crippen LogP contribution in [0.1, 0.15) is 38.3 Å². The lowest BCUT2D eigenvalue weighted by Crippen LogP contribution is -2.53. The third-order valence-electron chi connectivity index (χ3n) is 4.99. The highest BCUT2D eigenvalue weighted by molar-refractivity contribution is 5.80. The van der Waals surface area contributed by atoms with Crippen molar-refractivity contribution in [2.45, 2.75) is 44.6 Å². The molecule has 1 saturated carbocycles. The van der Waals surface area contributed by atoms with Gasteiger partial charge in [0, 0.05) is 24.7 Å². The Morgan fingerprint density at radius 2 is 2.12 bits per heavy atom. The van der Waals surface area contributed by atoms with Crippen LogP contribution >= 0.6 is 0 Å². The molecule has 0 spiro atoms. The summed E-state index contributed by atoms with van der Waals surface area (Å²) in [6.45, 7) is 2.51. The van der Waals surface area contributed by atoms with E-state index in [2.05, 4.69) is 10.4 Å². The summed E-state index contributed by atoms with van der Waals surface area (Å²) >= 11 is 0. The number of carbonyl (C=O) groups excluding carboxylic acids is 1. The molecule has 1 aliphatic rings. The third-order valence-corrected chi connectivity index (χ3v) is 4.99. The predicted molar refractivity (Wildman–Crippen MR) is 94.8 cm³/mol. The predicted octanol–water partition coefficient (Wildman–Crippen LogP) is 2.58. The van der Waals surface area contributed by atoms with Crippen LogP contribution in [0.15, 0.2) is 36.5 Å². The van der Waals surface area contributed by atoms with Crippen molar-refractivity contribution in [2.75, 3.05) is 6.54 Å². The van der Waals surface area contributed by atoms with E-state index in [1.54, 1.807) is 16.8 Å². The number of amides is 1. The second-order valence-electron chi connectivity index (χ2n) is 7.07. The zero-order chi connectivity index (χ0) is 17.9. The highest BCUT2D eigenvalue weighted by Gasteiger charge is 2.37. The van der Waals surface area contributed by atoms with Gasteiger partial charge in [-0.2, -0.15) is 5.10 Å². The molecule has 1 aromatic heterocycles. The smallest absolute Gasteiger partial charge is 0.224 e. The zero-order valence-electron chi connectivity index (χ0n) is 14.5. The van der Waals surface area contributed by atoms with Crippen LogP contribution in [-0.2, 0) is 11.2 Å². The van der Waals surface area contributed by atoms with Crippen LogP contribution < -0.4 is 11.1 Å². The van der Waals surface area contributed by atoms with Crippen LogP contribution in [0.3, 0.4) is 0 Å². The van der Waals surface area contributed by atoms with Gasteiger partial charge in [0.25, 0.3) is 0 Å². The Morgan fingerprint density at radius 1 is 1.36 bits per heavy atom. The van der Waals surface area contributed by atoms with Gasteiger partial charge < -0.3 is 11.1 Å². The molecule has 0 bridgehead atoms. The summed E-state index contributed by atoms with van der Waals surface area (Å²) < 4.78 is 14.7. The number of rotatable bonds is 5. The number of carbonyl (C=O) groups is 1. The number of nitrogens with one attached hydrogen (secondary N) is 1. The first-order chi connectivity index (χ1) is 12.0. The summed E-state index contributed by atoms with van der Waals surface area (Å²) in [7, 11) is 0. The maximum absolute atomic E-state index is 13.0. The van der Waals surface area contributed by atoms with Gasteiger partial charge in [-0.25, -0.2) is 9.07 Å². The van der Waals surface area contributed by atoms with Crippen LogP contribution in [-0.4, -0.2) is 27.8 Å².